The van der Waals surface area contributed by atoms with Crippen LogP contribution in [0, 0.1) is 17.0 Å². The van der Waals surface area contributed by atoms with Gasteiger partial charge in [-0.05, 0) is 43.3 Å². The van der Waals surface area contributed by atoms with Crippen molar-refractivity contribution in [1.82, 2.24) is 0 Å². The fraction of sp³-hybridized carbons (Fsp3) is 0.150. The van der Waals surface area contributed by atoms with E-state index in [2.05, 4.69) is 5.32 Å². The molecule has 0 spiro atoms. The first-order valence-electron chi connectivity index (χ1n) is 8.38. The van der Waals surface area contributed by atoms with Gasteiger partial charge in [-0.1, -0.05) is 6.07 Å². The number of benzene rings is 2. The van der Waals surface area contributed by atoms with Crippen LogP contribution < -0.4 is 10.1 Å². The van der Waals surface area contributed by atoms with Crippen LogP contribution in [0.4, 0.5) is 11.4 Å². The largest absolute Gasteiger partial charge is 0.495 e. The highest BCUT2D eigenvalue weighted by atomic mass is 16.6. The van der Waals surface area contributed by atoms with E-state index in [0.29, 0.717) is 28.5 Å². The second-order valence-corrected chi connectivity index (χ2v) is 6.00. The molecule has 28 heavy (non-hydrogen) atoms. The predicted molar refractivity (Wildman–Crippen MR) is 102 cm³/mol. The maximum absolute atomic E-state index is 12.7. The van der Waals surface area contributed by atoms with Gasteiger partial charge in [0, 0.05) is 22.8 Å². The van der Waals surface area contributed by atoms with Crippen LogP contribution in [0.3, 0.4) is 0 Å². The van der Waals surface area contributed by atoms with Gasteiger partial charge in [0.05, 0.1) is 17.7 Å². The van der Waals surface area contributed by atoms with E-state index in [-0.39, 0.29) is 23.4 Å². The third-order valence-electron chi connectivity index (χ3n) is 4.30. The van der Waals surface area contributed by atoms with Gasteiger partial charge in [-0.2, -0.15) is 0 Å². The number of hydrogen-bond acceptors (Lipinski definition) is 6. The average molecular weight is 382 g/mol. The Morgan fingerprint density at radius 3 is 2.68 bits per heavy atom. The van der Waals surface area contributed by atoms with E-state index in [0.717, 1.165) is 0 Å². The van der Waals surface area contributed by atoms with Gasteiger partial charge < -0.3 is 19.6 Å². The molecule has 0 aliphatic heterocycles. The Labute approximate surface area is 160 Å². The van der Waals surface area contributed by atoms with Crippen LogP contribution in [0.2, 0.25) is 0 Å². The summed E-state index contributed by atoms with van der Waals surface area (Å²) in [5, 5.41) is 23.0. The van der Waals surface area contributed by atoms with Crippen LogP contribution in [0.25, 0.3) is 11.3 Å². The van der Waals surface area contributed by atoms with E-state index in [1.165, 1.54) is 32.2 Å². The number of ether oxygens (including phenoxy) is 1. The number of aliphatic hydroxyl groups is 1. The van der Waals surface area contributed by atoms with Crippen molar-refractivity contribution >= 4 is 17.3 Å². The lowest BCUT2D eigenvalue weighted by molar-refractivity contribution is -0.385. The number of nitro groups is 1. The Balaban J connectivity index is 1.95. The van der Waals surface area contributed by atoms with Gasteiger partial charge in [0.15, 0.2) is 0 Å². The van der Waals surface area contributed by atoms with Crippen LogP contribution in [-0.4, -0.2) is 23.0 Å². The number of carbonyl (C=O) groups excluding carboxylic acids is 1. The smallest absolute Gasteiger partial charge is 0.273 e. The second-order valence-electron chi connectivity index (χ2n) is 6.00. The number of rotatable bonds is 6. The number of methoxy groups -OCH3 is 1. The molecule has 0 aliphatic rings. The van der Waals surface area contributed by atoms with Crippen molar-refractivity contribution in [3.63, 3.8) is 0 Å². The second kappa shape index (κ2) is 7.93. The molecule has 0 atom stereocenters. The molecule has 0 unspecified atom stereocenters. The standard InChI is InChI=1S/C20H18N2O6/c1-12-15(4-3-5-17(12)22(25)26)20(24)21-16-10-13(6-8-19(16)27-2)18-9-7-14(11-23)28-18/h3-10,23H,11H2,1-2H3,(H,21,24). The van der Waals surface area contributed by atoms with Gasteiger partial charge in [0.25, 0.3) is 11.6 Å². The lowest BCUT2D eigenvalue weighted by atomic mass is 10.1. The minimum absolute atomic E-state index is 0.125. The summed E-state index contributed by atoms with van der Waals surface area (Å²) in [7, 11) is 1.47. The summed E-state index contributed by atoms with van der Waals surface area (Å²) in [5.41, 5.74) is 1.41. The van der Waals surface area contributed by atoms with Crippen molar-refractivity contribution in [2.45, 2.75) is 13.5 Å². The number of carbonyl (C=O) groups is 1. The Hall–Kier alpha value is -3.65. The van der Waals surface area contributed by atoms with Crippen molar-refractivity contribution in [1.29, 1.82) is 0 Å². The third kappa shape index (κ3) is 3.72. The molecular weight excluding hydrogens is 364 g/mol. The summed E-state index contributed by atoms with van der Waals surface area (Å²) in [6.45, 7) is 1.31. The van der Waals surface area contributed by atoms with Gasteiger partial charge in [-0.15, -0.1) is 0 Å². The minimum atomic E-state index is -0.525. The summed E-state index contributed by atoms with van der Waals surface area (Å²) < 4.78 is 10.8. The molecule has 2 N–H and O–H groups in total. The SMILES string of the molecule is COc1ccc(-c2ccc(CO)o2)cc1NC(=O)c1cccc([N+](=O)[O-])c1C. The number of furan rings is 1. The topological polar surface area (TPSA) is 115 Å². The van der Waals surface area contributed by atoms with Crippen molar-refractivity contribution in [2.24, 2.45) is 0 Å². The van der Waals surface area contributed by atoms with E-state index in [4.69, 9.17) is 14.3 Å². The molecule has 1 amide bonds. The lowest BCUT2D eigenvalue weighted by Gasteiger charge is -2.12. The number of hydrogen-bond donors (Lipinski definition) is 2. The van der Waals surface area contributed by atoms with E-state index >= 15 is 0 Å². The molecule has 0 fully saturated rings. The molecule has 0 radical (unpaired) electrons. The van der Waals surface area contributed by atoms with E-state index in [1.807, 2.05) is 0 Å². The Kier molecular flexibility index (Phi) is 5.42. The molecule has 1 heterocycles. The predicted octanol–water partition coefficient (Wildman–Crippen LogP) is 3.92. The third-order valence-corrected chi connectivity index (χ3v) is 4.30. The van der Waals surface area contributed by atoms with Crippen molar-refractivity contribution in [2.75, 3.05) is 12.4 Å². The van der Waals surface area contributed by atoms with Crippen LogP contribution in [0.1, 0.15) is 21.7 Å². The first-order chi connectivity index (χ1) is 13.4. The van der Waals surface area contributed by atoms with Gasteiger partial charge >= 0.3 is 0 Å². The molecule has 0 saturated heterocycles. The number of nitrogens with one attached hydrogen (secondary N) is 1. The molecule has 2 aromatic carbocycles. The zero-order valence-electron chi connectivity index (χ0n) is 15.3. The Bertz CT molecular complexity index is 1040. The van der Waals surface area contributed by atoms with Crippen LogP contribution in [0.15, 0.2) is 52.9 Å². The number of nitrogens with zero attached hydrogens (tertiary/aromatic N) is 1. The molecule has 8 nitrogen and oxygen atoms in total. The Morgan fingerprint density at radius 2 is 2.04 bits per heavy atom. The highest BCUT2D eigenvalue weighted by molar-refractivity contribution is 6.06. The molecule has 0 saturated carbocycles. The van der Waals surface area contributed by atoms with Crippen LogP contribution >= 0.6 is 0 Å². The first kappa shape index (κ1) is 19.1. The van der Waals surface area contributed by atoms with Crippen molar-refractivity contribution in [3.05, 3.63) is 75.5 Å². The molecule has 1 aromatic heterocycles. The van der Waals surface area contributed by atoms with E-state index in [1.54, 1.807) is 30.3 Å². The summed E-state index contributed by atoms with van der Waals surface area (Å²) in [6.07, 6.45) is 0. The molecule has 0 aliphatic carbocycles. The highest BCUT2D eigenvalue weighted by Gasteiger charge is 2.19. The Morgan fingerprint density at radius 1 is 1.25 bits per heavy atom. The molecule has 8 heteroatoms. The van der Waals surface area contributed by atoms with Crippen LogP contribution in [0.5, 0.6) is 5.75 Å². The zero-order chi connectivity index (χ0) is 20.3. The first-order valence-corrected chi connectivity index (χ1v) is 8.38. The number of aliphatic hydroxyl groups excluding tert-OH is 1. The molecule has 144 valence electrons. The highest BCUT2D eigenvalue weighted by Crippen LogP contribution is 2.32. The molecule has 0 bridgehead atoms. The molecular formula is C20H18N2O6. The minimum Gasteiger partial charge on any atom is -0.495 e. The van der Waals surface area contributed by atoms with Crippen molar-refractivity contribution in [3.8, 4) is 17.1 Å². The molecule has 3 rings (SSSR count). The summed E-state index contributed by atoms with van der Waals surface area (Å²) in [6, 6.07) is 12.8. The van der Waals surface area contributed by atoms with Gasteiger partial charge in [0.2, 0.25) is 0 Å². The number of nitro benzene ring substituents is 1. The van der Waals surface area contributed by atoms with Crippen molar-refractivity contribution < 1.29 is 24.0 Å². The quantitative estimate of drug-likeness (QED) is 0.493. The normalized spacial score (nSPS) is 10.5. The number of anilines is 1. The van der Waals surface area contributed by atoms with Gasteiger partial charge in [0.1, 0.15) is 23.9 Å². The fourth-order valence-electron chi connectivity index (χ4n) is 2.83. The maximum Gasteiger partial charge on any atom is 0.273 e. The monoisotopic (exact) mass is 382 g/mol. The average Bonchev–Trinajstić information content (AvgIpc) is 3.17. The summed E-state index contributed by atoms with van der Waals surface area (Å²) in [5.74, 6) is 0.874. The number of amides is 1. The van der Waals surface area contributed by atoms with E-state index in [9.17, 15) is 14.9 Å². The fourth-order valence-corrected chi connectivity index (χ4v) is 2.83. The van der Waals surface area contributed by atoms with Crippen LogP contribution in [-0.2, 0) is 6.61 Å². The lowest BCUT2D eigenvalue weighted by Crippen LogP contribution is -2.14. The van der Waals surface area contributed by atoms with Gasteiger partial charge in [-0.25, -0.2) is 0 Å². The summed E-state index contributed by atoms with van der Waals surface area (Å²) in [4.78, 5) is 23.3. The molecule has 3 aromatic rings. The zero-order valence-corrected chi connectivity index (χ0v) is 15.3. The maximum atomic E-state index is 12.7. The van der Waals surface area contributed by atoms with E-state index < -0.39 is 10.8 Å². The summed E-state index contributed by atoms with van der Waals surface area (Å²) >= 11 is 0. The van der Waals surface area contributed by atoms with Gasteiger partial charge in [-0.3, -0.25) is 14.9 Å².